The maximum atomic E-state index is 12.9. The maximum Gasteiger partial charge on any atom is 0.247 e. The molecule has 1 aliphatic rings. The van der Waals surface area contributed by atoms with Gasteiger partial charge in [-0.15, -0.1) is 0 Å². The summed E-state index contributed by atoms with van der Waals surface area (Å²) in [4.78, 5) is 0.133. The number of nitrogens with zero attached hydrogens (tertiary/aromatic N) is 2. The van der Waals surface area contributed by atoms with Gasteiger partial charge in [0.25, 0.3) is 0 Å². The molecule has 0 amide bonds. The summed E-state index contributed by atoms with van der Waals surface area (Å²) in [5.74, 6) is 0.652. The molecule has 0 aromatic carbocycles. The van der Waals surface area contributed by atoms with Crippen molar-refractivity contribution in [2.24, 2.45) is 11.8 Å². The molecule has 2 N–H and O–H groups in total. The van der Waals surface area contributed by atoms with Gasteiger partial charge in [0.15, 0.2) is 0 Å². The van der Waals surface area contributed by atoms with E-state index in [2.05, 4.69) is 24.0 Å². The Hall–Kier alpha value is -0.920. The van der Waals surface area contributed by atoms with Crippen LogP contribution >= 0.6 is 0 Å². The zero-order chi connectivity index (χ0) is 15.1. The number of hydrogen-bond acceptors (Lipinski definition) is 4. The Morgan fingerprint density at radius 2 is 2.05 bits per heavy atom. The maximum absolute atomic E-state index is 12.9. The molecule has 6 nitrogen and oxygen atoms in total. The zero-order valence-electron chi connectivity index (χ0n) is 12.4. The summed E-state index contributed by atoms with van der Waals surface area (Å²) in [6.45, 7) is 7.90. The van der Waals surface area contributed by atoms with Gasteiger partial charge in [0.05, 0.1) is 12.3 Å². The third kappa shape index (κ3) is 2.49. The minimum atomic E-state index is -3.63. The van der Waals surface area contributed by atoms with E-state index in [0.717, 1.165) is 6.42 Å². The predicted molar refractivity (Wildman–Crippen MR) is 75.5 cm³/mol. The molecule has 0 aliphatic carbocycles. The monoisotopic (exact) mass is 301 g/mol. The predicted octanol–water partition coefficient (Wildman–Crippen LogP) is 1.27. The van der Waals surface area contributed by atoms with Crippen LogP contribution in [-0.4, -0.2) is 40.6 Å². The second-order valence-electron chi connectivity index (χ2n) is 5.92. The van der Waals surface area contributed by atoms with Gasteiger partial charge in [0.2, 0.25) is 10.0 Å². The number of sulfonamides is 1. The molecule has 1 fully saturated rings. The molecule has 0 saturated carbocycles. The number of hydrogen-bond donors (Lipinski definition) is 2. The first-order chi connectivity index (χ1) is 9.28. The van der Waals surface area contributed by atoms with Crippen LogP contribution in [0.1, 0.15) is 38.6 Å². The first-order valence-corrected chi connectivity index (χ1v) is 8.39. The fourth-order valence-corrected chi connectivity index (χ4v) is 5.19. The Morgan fingerprint density at radius 3 is 2.65 bits per heavy atom. The lowest BCUT2D eigenvalue weighted by atomic mass is 9.88. The zero-order valence-corrected chi connectivity index (χ0v) is 13.2. The van der Waals surface area contributed by atoms with E-state index in [9.17, 15) is 13.5 Å². The molecular weight excluding hydrogens is 278 g/mol. The number of aromatic amines is 1. The standard InChI is InChI=1S/C13H23N3O3S/c1-8-5-9(2)11(4)16(6-8)20(18,19)13-10(3)14-15-12(13)7-17/h8-9,11,17H,5-7H2,1-4H3,(H,14,15). The second-order valence-corrected chi connectivity index (χ2v) is 7.74. The molecule has 3 atom stereocenters. The Labute approximate surface area is 120 Å². The van der Waals surface area contributed by atoms with E-state index in [1.54, 1.807) is 11.2 Å². The summed E-state index contributed by atoms with van der Waals surface area (Å²) >= 11 is 0. The number of H-pyrrole nitrogens is 1. The minimum absolute atomic E-state index is 0.0444. The van der Waals surface area contributed by atoms with Crippen LogP contribution in [0.2, 0.25) is 0 Å². The van der Waals surface area contributed by atoms with Crippen LogP contribution in [0.4, 0.5) is 0 Å². The molecular formula is C13H23N3O3S. The number of rotatable bonds is 3. The highest BCUT2D eigenvalue weighted by Crippen LogP contribution is 2.33. The second kappa shape index (κ2) is 5.46. The Bertz CT molecular complexity index is 582. The minimum Gasteiger partial charge on any atom is -0.390 e. The van der Waals surface area contributed by atoms with E-state index in [4.69, 9.17) is 0 Å². The molecule has 0 bridgehead atoms. The average Bonchev–Trinajstić information content (AvgIpc) is 2.75. The van der Waals surface area contributed by atoms with E-state index in [1.165, 1.54) is 0 Å². The molecule has 1 saturated heterocycles. The van der Waals surface area contributed by atoms with Crippen molar-refractivity contribution in [1.82, 2.24) is 14.5 Å². The summed E-state index contributed by atoms with van der Waals surface area (Å²) in [6, 6.07) is -0.0444. The lowest BCUT2D eigenvalue weighted by Crippen LogP contribution is -2.48. The number of aryl methyl sites for hydroxylation is 1. The molecule has 20 heavy (non-hydrogen) atoms. The third-order valence-electron chi connectivity index (χ3n) is 4.22. The number of nitrogens with one attached hydrogen (secondary N) is 1. The summed E-state index contributed by atoms with van der Waals surface area (Å²) < 4.78 is 27.4. The molecule has 2 rings (SSSR count). The number of piperidine rings is 1. The van der Waals surface area contributed by atoms with Crippen molar-refractivity contribution >= 4 is 10.0 Å². The van der Waals surface area contributed by atoms with Crippen LogP contribution in [0, 0.1) is 18.8 Å². The van der Waals surface area contributed by atoms with Gasteiger partial charge in [-0.2, -0.15) is 9.40 Å². The Morgan fingerprint density at radius 1 is 1.40 bits per heavy atom. The van der Waals surface area contributed by atoms with Crippen LogP contribution in [-0.2, 0) is 16.6 Å². The van der Waals surface area contributed by atoms with Gasteiger partial charge in [-0.3, -0.25) is 5.10 Å². The number of aromatic nitrogens is 2. The first-order valence-electron chi connectivity index (χ1n) is 6.95. The van der Waals surface area contributed by atoms with E-state index < -0.39 is 10.0 Å². The van der Waals surface area contributed by atoms with Gasteiger partial charge in [0, 0.05) is 12.6 Å². The van der Waals surface area contributed by atoms with Crippen LogP contribution in [0.5, 0.6) is 0 Å². The van der Waals surface area contributed by atoms with Crippen LogP contribution in [0.3, 0.4) is 0 Å². The van der Waals surface area contributed by atoms with Crippen molar-refractivity contribution in [3.05, 3.63) is 11.4 Å². The Kier molecular flexibility index (Phi) is 4.22. The van der Waals surface area contributed by atoms with Gasteiger partial charge < -0.3 is 5.11 Å². The highest BCUT2D eigenvalue weighted by Gasteiger charge is 2.39. The molecule has 2 heterocycles. The molecule has 7 heteroatoms. The van der Waals surface area contributed by atoms with Crippen LogP contribution in [0.25, 0.3) is 0 Å². The third-order valence-corrected chi connectivity index (χ3v) is 6.38. The summed E-state index contributed by atoms with van der Waals surface area (Å²) in [5, 5.41) is 15.8. The van der Waals surface area contributed by atoms with Crippen LogP contribution in [0.15, 0.2) is 4.90 Å². The molecule has 1 aromatic rings. The van der Waals surface area contributed by atoms with Crippen molar-refractivity contribution in [1.29, 1.82) is 0 Å². The van der Waals surface area contributed by atoms with Crippen molar-refractivity contribution in [3.63, 3.8) is 0 Å². The van der Waals surface area contributed by atoms with Crippen LogP contribution < -0.4 is 0 Å². The molecule has 1 aromatic heterocycles. The van der Waals surface area contributed by atoms with Gasteiger partial charge in [-0.1, -0.05) is 13.8 Å². The summed E-state index contributed by atoms with van der Waals surface area (Å²) in [5.41, 5.74) is 0.674. The van der Waals surface area contributed by atoms with Gasteiger partial charge >= 0.3 is 0 Å². The Balaban J connectivity index is 2.46. The van der Waals surface area contributed by atoms with Crippen molar-refractivity contribution in [2.45, 2.75) is 51.7 Å². The number of aliphatic hydroxyl groups is 1. The summed E-state index contributed by atoms with van der Waals surface area (Å²) in [6.07, 6.45) is 1.03. The van der Waals surface area contributed by atoms with E-state index in [0.29, 0.717) is 24.1 Å². The first kappa shape index (κ1) is 15.5. The fourth-order valence-electron chi connectivity index (χ4n) is 3.02. The average molecular weight is 301 g/mol. The quantitative estimate of drug-likeness (QED) is 0.880. The van der Waals surface area contributed by atoms with Gasteiger partial charge in [-0.25, -0.2) is 8.42 Å². The lowest BCUT2D eigenvalue weighted by molar-refractivity contribution is 0.157. The van der Waals surface area contributed by atoms with Crippen molar-refractivity contribution < 1.29 is 13.5 Å². The van der Waals surface area contributed by atoms with E-state index in [1.807, 2.05) is 6.92 Å². The molecule has 1 aliphatic heterocycles. The fraction of sp³-hybridized carbons (Fsp3) is 0.769. The molecule has 114 valence electrons. The van der Waals surface area contributed by atoms with Crippen molar-refractivity contribution in [3.8, 4) is 0 Å². The summed E-state index contributed by atoms with van der Waals surface area (Å²) in [7, 11) is -3.63. The lowest BCUT2D eigenvalue weighted by Gasteiger charge is -2.40. The van der Waals surface area contributed by atoms with Gasteiger partial charge in [0.1, 0.15) is 10.6 Å². The number of aliphatic hydroxyl groups excluding tert-OH is 1. The molecule has 0 spiro atoms. The largest absolute Gasteiger partial charge is 0.390 e. The SMILES string of the molecule is Cc1[nH]nc(CO)c1S(=O)(=O)N1CC(C)CC(C)C1C. The smallest absolute Gasteiger partial charge is 0.247 e. The topological polar surface area (TPSA) is 86.3 Å². The highest BCUT2D eigenvalue weighted by molar-refractivity contribution is 7.89. The molecule has 0 radical (unpaired) electrons. The van der Waals surface area contributed by atoms with Crippen molar-refractivity contribution in [2.75, 3.05) is 6.54 Å². The van der Waals surface area contributed by atoms with E-state index in [-0.39, 0.29) is 23.2 Å². The van der Waals surface area contributed by atoms with Gasteiger partial charge in [-0.05, 0) is 32.1 Å². The normalized spacial score (nSPS) is 28.8. The highest BCUT2D eigenvalue weighted by atomic mass is 32.2. The van der Waals surface area contributed by atoms with E-state index >= 15 is 0 Å². The molecule has 3 unspecified atom stereocenters.